The number of nitrogens with zero attached hydrogens (tertiary/aromatic N) is 1. The standard InChI is InChI=1S/C20H26BrN3O6S/c1-20(2,3)30-19(25)22-9-6-10-29-16-8-5-7-15(12-16)24-31(26,27)17-11-14(21)13-23-18(17)28-4/h5,7-8,11-13,24H,6,9-10H2,1-4H3,(H,22,25). The van der Waals surface area contributed by atoms with E-state index in [-0.39, 0.29) is 10.8 Å². The van der Waals surface area contributed by atoms with E-state index in [0.29, 0.717) is 35.5 Å². The molecule has 1 aromatic carbocycles. The van der Waals surface area contributed by atoms with Crippen LogP contribution in [-0.2, 0) is 14.8 Å². The van der Waals surface area contributed by atoms with Crippen LogP contribution in [0.25, 0.3) is 0 Å². The molecule has 1 aromatic heterocycles. The number of carbonyl (C=O) groups is 1. The minimum atomic E-state index is -3.93. The van der Waals surface area contributed by atoms with Crippen LogP contribution in [0.5, 0.6) is 11.6 Å². The van der Waals surface area contributed by atoms with Crippen LogP contribution in [0, 0.1) is 0 Å². The second kappa shape index (κ2) is 10.7. The van der Waals surface area contributed by atoms with Gasteiger partial charge >= 0.3 is 6.09 Å². The number of hydrogen-bond donors (Lipinski definition) is 2. The third-order valence-corrected chi connectivity index (χ3v) is 5.42. The molecule has 9 nitrogen and oxygen atoms in total. The smallest absolute Gasteiger partial charge is 0.407 e. The summed E-state index contributed by atoms with van der Waals surface area (Å²) in [6.45, 7) is 6.09. The Labute approximate surface area is 190 Å². The molecule has 0 spiro atoms. The molecule has 0 bridgehead atoms. The number of anilines is 1. The number of ether oxygens (including phenoxy) is 3. The number of rotatable bonds is 9. The van der Waals surface area contributed by atoms with E-state index in [9.17, 15) is 13.2 Å². The zero-order valence-corrected chi connectivity index (χ0v) is 20.2. The fourth-order valence-corrected chi connectivity index (χ4v) is 4.06. The van der Waals surface area contributed by atoms with Crippen molar-refractivity contribution in [2.75, 3.05) is 25.0 Å². The van der Waals surface area contributed by atoms with Gasteiger partial charge in [0.05, 0.1) is 19.4 Å². The maximum absolute atomic E-state index is 12.8. The SMILES string of the molecule is COc1ncc(Br)cc1S(=O)(=O)Nc1cccc(OCCCNC(=O)OC(C)(C)C)c1. The van der Waals surface area contributed by atoms with Gasteiger partial charge in [0.15, 0.2) is 4.90 Å². The first-order chi connectivity index (χ1) is 14.5. The Morgan fingerprint density at radius 1 is 1.23 bits per heavy atom. The summed E-state index contributed by atoms with van der Waals surface area (Å²) in [4.78, 5) is 15.5. The lowest BCUT2D eigenvalue weighted by Gasteiger charge is -2.19. The average Bonchev–Trinajstić information content (AvgIpc) is 2.66. The second-order valence-electron chi connectivity index (χ2n) is 7.42. The molecule has 0 aliphatic carbocycles. The molecule has 0 fully saturated rings. The van der Waals surface area contributed by atoms with Gasteiger partial charge < -0.3 is 19.5 Å². The van der Waals surface area contributed by atoms with Crippen LogP contribution in [0.3, 0.4) is 0 Å². The minimum absolute atomic E-state index is 0.0133. The number of nitrogens with one attached hydrogen (secondary N) is 2. The number of methoxy groups -OCH3 is 1. The van der Waals surface area contributed by atoms with Crippen LogP contribution in [0.1, 0.15) is 27.2 Å². The number of benzene rings is 1. The number of halogens is 1. The van der Waals surface area contributed by atoms with E-state index >= 15 is 0 Å². The van der Waals surface area contributed by atoms with Crippen molar-refractivity contribution in [1.29, 1.82) is 0 Å². The zero-order valence-electron chi connectivity index (χ0n) is 17.8. The van der Waals surface area contributed by atoms with E-state index in [0.717, 1.165) is 0 Å². The van der Waals surface area contributed by atoms with Gasteiger partial charge in [0, 0.05) is 23.3 Å². The van der Waals surface area contributed by atoms with Crippen LogP contribution in [-0.4, -0.2) is 45.4 Å². The van der Waals surface area contributed by atoms with Crippen molar-refractivity contribution in [2.45, 2.75) is 37.7 Å². The third-order valence-electron chi connectivity index (χ3n) is 3.61. The van der Waals surface area contributed by atoms with Gasteiger partial charge in [0.2, 0.25) is 5.88 Å². The highest BCUT2D eigenvalue weighted by atomic mass is 79.9. The number of pyridine rings is 1. The first kappa shape index (κ1) is 24.7. The predicted molar refractivity (Wildman–Crippen MR) is 120 cm³/mol. The summed E-state index contributed by atoms with van der Waals surface area (Å²) in [5.74, 6) is 0.470. The molecule has 0 aliphatic rings. The van der Waals surface area contributed by atoms with Gasteiger partial charge in [0.1, 0.15) is 11.4 Å². The van der Waals surface area contributed by atoms with Gasteiger partial charge in [-0.25, -0.2) is 18.2 Å². The molecular formula is C20H26BrN3O6S. The number of carbonyl (C=O) groups excluding carboxylic acids is 1. The van der Waals surface area contributed by atoms with Crippen LogP contribution < -0.4 is 19.5 Å². The summed E-state index contributed by atoms with van der Waals surface area (Å²) in [6.07, 6.45) is 1.52. The molecule has 0 unspecified atom stereocenters. The quantitative estimate of drug-likeness (QED) is 0.485. The molecule has 0 radical (unpaired) electrons. The molecule has 11 heteroatoms. The maximum Gasteiger partial charge on any atom is 0.407 e. The van der Waals surface area contributed by atoms with Crippen molar-refractivity contribution < 1.29 is 27.4 Å². The van der Waals surface area contributed by atoms with Gasteiger partial charge in [-0.3, -0.25) is 4.72 Å². The van der Waals surface area contributed by atoms with E-state index < -0.39 is 21.7 Å². The number of hydrogen-bond acceptors (Lipinski definition) is 7. The Kier molecular flexibility index (Phi) is 8.52. The summed E-state index contributed by atoms with van der Waals surface area (Å²) in [7, 11) is -2.58. The lowest BCUT2D eigenvalue weighted by molar-refractivity contribution is 0.0525. The first-order valence-electron chi connectivity index (χ1n) is 9.42. The Morgan fingerprint density at radius 3 is 2.65 bits per heavy atom. The molecule has 2 N–H and O–H groups in total. The largest absolute Gasteiger partial charge is 0.493 e. The fourth-order valence-electron chi connectivity index (χ4n) is 2.38. The highest BCUT2D eigenvalue weighted by molar-refractivity contribution is 9.10. The molecule has 31 heavy (non-hydrogen) atoms. The normalized spacial score (nSPS) is 11.5. The zero-order chi connectivity index (χ0) is 23.1. The predicted octanol–water partition coefficient (Wildman–Crippen LogP) is 3.95. The highest BCUT2D eigenvalue weighted by Gasteiger charge is 2.21. The minimum Gasteiger partial charge on any atom is -0.493 e. The van der Waals surface area contributed by atoms with Crippen molar-refractivity contribution in [3.05, 3.63) is 41.0 Å². The topological polar surface area (TPSA) is 116 Å². The van der Waals surface area contributed by atoms with Gasteiger partial charge in [-0.05, 0) is 61.3 Å². The summed E-state index contributed by atoms with van der Waals surface area (Å²) in [5, 5.41) is 2.65. The Balaban J connectivity index is 1.92. The third kappa shape index (κ3) is 8.25. The lowest BCUT2D eigenvalue weighted by Crippen LogP contribution is -2.33. The van der Waals surface area contributed by atoms with Gasteiger partial charge in [-0.15, -0.1) is 0 Å². The molecule has 1 amide bonds. The number of alkyl carbamates (subject to hydrolysis) is 1. The Bertz CT molecular complexity index is 1010. The van der Waals surface area contributed by atoms with Gasteiger partial charge in [-0.1, -0.05) is 6.07 Å². The lowest BCUT2D eigenvalue weighted by atomic mass is 10.2. The van der Waals surface area contributed by atoms with Crippen molar-refractivity contribution in [1.82, 2.24) is 10.3 Å². The Morgan fingerprint density at radius 2 is 1.97 bits per heavy atom. The highest BCUT2D eigenvalue weighted by Crippen LogP contribution is 2.27. The number of sulfonamides is 1. The van der Waals surface area contributed by atoms with E-state index in [2.05, 4.69) is 31.0 Å². The van der Waals surface area contributed by atoms with Crippen molar-refractivity contribution in [3.63, 3.8) is 0 Å². The molecular weight excluding hydrogens is 490 g/mol. The van der Waals surface area contributed by atoms with Gasteiger partial charge in [0.25, 0.3) is 10.0 Å². The van der Waals surface area contributed by atoms with Crippen LogP contribution >= 0.6 is 15.9 Å². The molecule has 0 aliphatic heterocycles. The van der Waals surface area contributed by atoms with E-state index in [4.69, 9.17) is 14.2 Å². The van der Waals surface area contributed by atoms with Crippen LogP contribution in [0.15, 0.2) is 45.9 Å². The summed E-state index contributed by atoms with van der Waals surface area (Å²) < 4.78 is 44.4. The number of aromatic nitrogens is 1. The molecule has 2 aromatic rings. The molecule has 0 saturated heterocycles. The van der Waals surface area contributed by atoms with Crippen LogP contribution in [0.2, 0.25) is 0 Å². The first-order valence-corrected chi connectivity index (χ1v) is 11.7. The molecule has 0 saturated carbocycles. The molecule has 170 valence electrons. The molecule has 0 atom stereocenters. The van der Waals surface area contributed by atoms with Crippen molar-refractivity contribution in [2.24, 2.45) is 0 Å². The average molecular weight is 516 g/mol. The molecule has 2 rings (SSSR count). The van der Waals surface area contributed by atoms with E-state index in [1.165, 1.54) is 19.4 Å². The van der Waals surface area contributed by atoms with Crippen molar-refractivity contribution in [3.8, 4) is 11.6 Å². The van der Waals surface area contributed by atoms with E-state index in [1.807, 2.05) is 0 Å². The van der Waals surface area contributed by atoms with Gasteiger partial charge in [-0.2, -0.15) is 0 Å². The summed E-state index contributed by atoms with van der Waals surface area (Å²) in [6, 6.07) is 7.96. The summed E-state index contributed by atoms with van der Waals surface area (Å²) in [5.41, 5.74) is -0.226. The van der Waals surface area contributed by atoms with Crippen LogP contribution in [0.4, 0.5) is 10.5 Å². The Hall–Kier alpha value is -2.53. The van der Waals surface area contributed by atoms with Crippen molar-refractivity contribution >= 4 is 37.7 Å². The second-order valence-corrected chi connectivity index (χ2v) is 9.99. The number of amides is 1. The monoisotopic (exact) mass is 515 g/mol. The van der Waals surface area contributed by atoms with E-state index in [1.54, 1.807) is 45.0 Å². The molecule has 1 heterocycles. The summed E-state index contributed by atoms with van der Waals surface area (Å²) >= 11 is 3.21. The maximum atomic E-state index is 12.8. The fraction of sp³-hybridized carbons (Fsp3) is 0.400.